The fourth-order valence-corrected chi connectivity index (χ4v) is 1.58. The molecule has 2 nitrogen and oxygen atoms in total. The second-order valence-electron chi connectivity index (χ2n) is 3.62. The largest absolute Gasteiger partial charge is 0.456 e. The zero-order valence-corrected chi connectivity index (χ0v) is 10.0. The van der Waals surface area contributed by atoms with Gasteiger partial charge in [0.15, 0.2) is 0 Å². The molecule has 2 aromatic carbocycles. The molecule has 0 aliphatic rings. The second-order valence-corrected chi connectivity index (χ2v) is 4.03. The van der Waals surface area contributed by atoms with Gasteiger partial charge in [-0.15, -0.1) is 0 Å². The summed E-state index contributed by atoms with van der Waals surface area (Å²) in [5.41, 5.74) is 1.50. The van der Waals surface area contributed by atoms with Crippen molar-refractivity contribution in [3.05, 3.63) is 58.6 Å². The van der Waals surface area contributed by atoms with Gasteiger partial charge in [-0.3, -0.25) is 0 Å². The molecule has 0 spiro atoms. The number of nitriles is 1. The van der Waals surface area contributed by atoms with E-state index in [2.05, 4.69) is 6.07 Å². The van der Waals surface area contributed by atoms with Gasteiger partial charge in [0.25, 0.3) is 0 Å². The SMILES string of the molecule is Cc1ccc(Oc2ccccc2C#N)cc1Cl. The monoisotopic (exact) mass is 243 g/mol. The maximum atomic E-state index is 8.94. The number of hydrogen-bond donors (Lipinski definition) is 0. The number of nitrogens with zero attached hydrogens (tertiary/aromatic N) is 1. The second kappa shape index (κ2) is 4.90. The number of aryl methyl sites for hydroxylation is 1. The lowest BCUT2D eigenvalue weighted by atomic mass is 10.2. The maximum Gasteiger partial charge on any atom is 0.145 e. The smallest absolute Gasteiger partial charge is 0.145 e. The number of para-hydroxylation sites is 1. The standard InChI is InChI=1S/C14H10ClNO/c1-10-6-7-12(8-13(10)15)17-14-5-3-2-4-11(14)9-16/h2-8H,1H3. The summed E-state index contributed by atoms with van der Waals surface area (Å²) in [4.78, 5) is 0. The predicted octanol–water partition coefficient (Wildman–Crippen LogP) is 4.31. The van der Waals surface area contributed by atoms with Gasteiger partial charge >= 0.3 is 0 Å². The molecule has 0 saturated carbocycles. The van der Waals surface area contributed by atoms with E-state index < -0.39 is 0 Å². The highest BCUT2D eigenvalue weighted by Crippen LogP contribution is 2.28. The number of halogens is 1. The van der Waals surface area contributed by atoms with Gasteiger partial charge < -0.3 is 4.74 Å². The predicted molar refractivity (Wildman–Crippen MR) is 67.4 cm³/mol. The van der Waals surface area contributed by atoms with Crippen molar-refractivity contribution < 1.29 is 4.74 Å². The van der Waals surface area contributed by atoms with Gasteiger partial charge in [-0.2, -0.15) is 5.26 Å². The lowest BCUT2D eigenvalue weighted by Crippen LogP contribution is -1.88. The molecule has 84 valence electrons. The third kappa shape index (κ3) is 2.58. The summed E-state index contributed by atoms with van der Waals surface area (Å²) < 4.78 is 5.63. The molecular weight excluding hydrogens is 234 g/mol. The number of benzene rings is 2. The van der Waals surface area contributed by atoms with Gasteiger partial charge in [0.1, 0.15) is 17.6 Å². The average molecular weight is 244 g/mol. The van der Waals surface area contributed by atoms with Gasteiger partial charge in [0.2, 0.25) is 0 Å². The van der Waals surface area contributed by atoms with Crippen LogP contribution >= 0.6 is 11.6 Å². The molecule has 0 amide bonds. The molecule has 2 rings (SSSR count). The highest BCUT2D eigenvalue weighted by Gasteiger charge is 2.04. The lowest BCUT2D eigenvalue weighted by Gasteiger charge is -2.08. The van der Waals surface area contributed by atoms with Gasteiger partial charge in [0, 0.05) is 5.02 Å². The van der Waals surface area contributed by atoms with E-state index in [0.717, 1.165) is 5.56 Å². The van der Waals surface area contributed by atoms with E-state index in [4.69, 9.17) is 21.6 Å². The van der Waals surface area contributed by atoms with Crippen molar-refractivity contribution >= 4 is 11.6 Å². The molecule has 0 N–H and O–H groups in total. The normalized spacial score (nSPS) is 9.71. The fourth-order valence-electron chi connectivity index (χ4n) is 1.41. The first-order valence-corrected chi connectivity index (χ1v) is 5.51. The van der Waals surface area contributed by atoms with E-state index in [0.29, 0.717) is 22.1 Å². The molecule has 0 heterocycles. The third-order valence-corrected chi connectivity index (χ3v) is 2.79. The Morgan fingerprint density at radius 3 is 2.65 bits per heavy atom. The molecule has 0 radical (unpaired) electrons. The molecule has 2 aromatic rings. The van der Waals surface area contributed by atoms with Crippen LogP contribution in [0.4, 0.5) is 0 Å². The van der Waals surface area contributed by atoms with Crippen molar-refractivity contribution in [1.29, 1.82) is 5.26 Å². The van der Waals surface area contributed by atoms with Crippen molar-refractivity contribution in [1.82, 2.24) is 0 Å². The van der Waals surface area contributed by atoms with Crippen molar-refractivity contribution in [2.75, 3.05) is 0 Å². The maximum absolute atomic E-state index is 8.94. The van der Waals surface area contributed by atoms with Crippen LogP contribution in [0.1, 0.15) is 11.1 Å². The van der Waals surface area contributed by atoms with Crippen LogP contribution in [-0.2, 0) is 0 Å². The molecule has 0 aromatic heterocycles. The van der Waals surface area contributed by atoms with Gasteiger partial charge in [-0.25, -0.2) is 0 Å². The molecule has 0 bridgehead atoms. The van der Waals surface area contributed by atoms with Crippen LogP contribution in [0.2, 0.25) is 5.02 Å². The minimum atomic E-state index is 0.504. The Bertz CT molecular complexity index is 587. The van der Waals surface area contributed by atoms with Crippen molar-refractivity contribution in [3.63, 3.8) is 0 Å². The molecule has 0 saturated heterocycles. The summed E-state index contributed by atoms with van der Waals surface area (Å²) in [7, 11) is 0. The zero-order chi connectivity index (χ0) is 12.3. The van der Waals surface area contributed by atoms with E-state index in [1.807, 2.05) is 25.1 Å². The van der Waals surface area contributed by atoms with E-state index >= 15 is 0 Å². The van der Waals surface area contributed by atoms with Gasteiger partial charge in [-0.05, 0) is 36.8 Å². The average Bonchev–Trinajstić information content (AvgIpc) is 2.34. The van der Waals surface area contributed by atoms with Crippen LogP contribution < -0.4 is 4.74 Å². The van der Waals surface area contributed by atoms with Gasteiger partial charge in [0.05, 0.1) is 5.56 Å². The first kappa shape index (κ1) is 11.5. The minimum Gasteiger partial charge on any atom is -0.456 e. The highest BCUT2D eigenvalue weighted by molar-refractivity contribution is 6.31. The van der Waals surface area contributed by atoms with Crippen LogP contribution in [0, 0.1) is 18.3 Å². The summed E-state index contributed by atoms with van der Waals surface area (Å²) in [6.45, 7) is 1.93. The molecule has 17 heavy (non-hydrogen) atoms. The van der Waals surface area contributed by atoms with E-state index in [1.165, 1.54) is 0 Å². The number of rotatable bonds is 2. The Kier molecular flexibility index (Phi) is 3.32. The molecule has 0 atom stereocenters. The third-order valence-electron chi connectivity index (χ3n) is 2.38. The van der Waals surface area contributed by atoms with Crippen LogP contribution in [-0.4, -0.2) is 0 Å². The zero-order valence-electron chi connectivity index (χ0n) is 9.27. The van der Waals surface area contributed by atoms with Crippen LogP contribution in [0.3, 0.4) is 0 Å². The van der Waals surface area contributed by atoms with Crippen LogP contribution in [0.25, 0.3) is 0 Å². The van der Waals surface area contributed by atoms with Gasteiger partial charge in [-0.1, -0.05) is 29.8 Å². The summed E-state index contributed by atoms with van der Waals surface area (Å²) in [5, 5.41) is 9.59. The molecule has 0 fully saturated rings. The molecule has 3 heteroatoms. The van der Waals surface area contributed by atoms with Crippen LogP contribution in [0.15, 0.2) is 42.5 Å². The molecule has 0 unspecified atom stereocenters. The molecule has 0 aliphatic carbocycles. The van der Waals surface area contributed by atoms with Crippen molar-refractivity contribution in [2.24, 2.45) is 0 Å². The summed E-state index contributed by atoms with van der Waals surface area (Å²) in [5.74, 6) is 1.17. The minimum absolute atomic E-state index is 0.504. The molecular formula is C14H10ClNO. The Morgan fingerprint density at radius 2 is 1.94 bits per heavy atom. The van der Waals surface area contributed by atoms with E-state index in [1.54, 1.807) is 24.3 Å². The van der Waals surface area contributed by atoms with Crippen molar-refractivity contribution in [2.45, 2.75) is 6.92 Å². The van der Waals surface area contributed by atoms with E-state index in [9.17, 15) is 0 Å². The fraction of sp³-hybridized carbons (Fsp3) is 0.0714. The topological polar surface area (TPSA) is 33.0 Å². The summed E-state index contributed by atoms with van der Waals surface area (Å²) >= 11 is 6.01. The number of hydrogen-bond acceptors (Lipinski definition) is 2. The highest BCUT2D eigenvalue weighted by atomic mass is 35.5. The van der Waals surface area contributed by atoms with Crippen molar-refractivity contribution in [3.8, 4) is 17.6 Å². The Balaban J connectivity index is 2.32. The lowest BCUT2D eigenvalue weighted by molar-refractivity contribution is 0.481. The van der Waals surface area contributed by atoms with Crippen LogP contribution in [0.5, 0.6) is 11.5 Å². The first-order valence-electron chi connectivity index (χ1n) is 5.14. The van der Waals surface area contributed by atoms with E-state index in [-0.39, 0.29) is 0 Å². The summed E-state index contributed by atoms with van der Waals surface area (Å²) in [6, 6.07) is 14.6. The molecule has 0 aliphatic heterocycles. The first-order chi connectivity index (χ1) is 8.20. The summed E-state index contributed by atoms with van der Waals surface area (Å²) in [6.07, 6.45) is 0. The number of ether oxygens (including phenoxy) is 1. The Morgan fingerprint density at radius 1 is 1.18 bits per heavy atom. The Hall–Kier alpha value is -1.98. The quantitative estimate of drug-likeness (QED) is 0.787. The Labute approximate surface area is 105 Å².